The van der Waals surface area contributed by atoms with Gasteiger partial charge in [0.25, 0.3) is 0 Å². The summed E-state index contributed by atoms with van der Waals surface area (Å²) in [5.74, 6) is -0.861. The molecule has 0 amide bonds. The average molecular weight is 185 g/mol. The molecule has 2 aliphatic rings. The first-order chi connectivity index (χ1) is 6.24. The number of hydrogen-bond acceptors (Lipinski definition) is 3. The molecular formula is C9H15NO3. The Kier molecular flexibility index (Phi) is 2.26. The predicted octanol–water partition coefficient (Wildman–Crippen LogP) is -0.0838. The van der Waals surface area contributed by atoms with Crippen LogP contribution in [0.1, 0.15) is 19.3 Å². The monoisotopic (exact) mass is 185 g/mol. The van der Waals surface area contributed by atoms with E-state index in [1.54, 1.807) is 0 Å². The Morgan fingerprint density at radius 2 is 2.23 bits per heavy atom. The molecule has 0 aromatic heterocycles. The van der Waals surface area contributed by atoms with Gasteiger partial charge in [-0.1, -0.05) is 0 Å². The number of carboxylic acid groups (broad SMARTS) is 1. The predicted molar refractivity (Wildman–Crippen MR) is 46.3 cm³/mol. The highest BCUT2D eigenvalue weighted by Gasteiger charge is 2.48. The van der Waals surface area contributed by atoms with Crippen molar-refractivity contribution in [2.24, 2.45) is 5.92 Å². The van der Waals surface area contributed by atoms with Crippen LogP contribution in [0.3, 0.4) is 0 Å². The number of carboxylic acids is 1. The van der Waals surface area contributed by atoms with E-state index in [4.69, 9.17) is 10.2 Å². The minimum absolute atomic E-state index is 0.138. The van der Waals surface area contributed by atoms with Crippen LogP contribution >= 0.6 is 0 Å². The van der Waals surface area contributed by atoms with Gasteiger partial charge in [0.1, 0.15) is 0 Å². The van der Waals surface area contributed by atoms with Gasteiger partial charge >= 0.3 is 5.97 Å². The van der Waals surface area contributed by atoms with Crippen LogP contribution < -0.4 is 0 Å². The summed E-state index contributed by atoms with van der Waals surface area (Å²) >= 11 is 0. The smallest absolute Gasteiger partial charge is 0.308 e. The molecule has 2 heterocycles. The van der Waals surface area contributed by atoms with E-state index in [1.165, 1.54) is 0 Å². The Bertz CT molecular complexity index is 219. The van der Waals surface area contributed by atoms with Crippen molar-refractivity contribution in [1.29, 1.82) is 0 Å². The zero-order valence-electron chi connectivity index (χ0n) is 7.52. The maximum absolute atomic E-state index is 10.9. The normalized spacial score (nSPS) is 38.4. The van der Waals surface area contributed by atoms with Crippen molar-refractivity contribution in [3.05, 3.63) is 0 Å². The second kappa shape index (κ2) is 3.27. The lowest BCUT2D eigenvalue weighted by molar-refractivity contribution is -0.142. The summed E-state index contributed by atoms with van der Waals surface area (Å²) in [6.07, 6.45) is 2.87. The molecule has 2 saturated heterocycles. The number of nitrogens with zero attached hydrogens (tertiary/aromatic N) is 1. The van der Waals surface area contributed by atoms with Gasteiger partial charge in [-0.25, -0.2) is 0 Å². The number of fused-ring (bicyclic) bond motifs is 2. The molecule has 74 valence electrons. The Morgan fingerprint density at radius 3 is 2.77 bits per heavy atom. The number of carbonyl (C=O) groups is 1. The van der Waals surface area contributed by atoms with Gasteiger partial charge in [0.05, 0.1) is 12.5 Å². The van der Waals surface area contributed by atoms with E-state index >= 15 is 0 Å². The topological polar surface area (TPSA) is 60.8 Å². The third-order valence-corrected chi connectivity index (χ3v) is 3.36. The van der Waals surface area contributed by atoms with Crippen LogP contribution in [-0.4, -0.2) is 46.3 Å². The second-order valence-corrected chi connectivity index (χ2v) is 3.94. The van der Waals surface area contributed by atoms with Crippen LogP contribution in [0.25, 0.3) is 0 Å². The highest BCUT2D eigenvalue weighted by molar-refractivity contribution is 5.71. The van der Waals surface area contributed by atoms with Gasteiger partial charge in [0.15, 0.2) is 0 Å². The lowest BCUT2D eigenvalue weighted by Crippen LogP contribution is -2.34. The quantitative estimate of drug-likeness (QED) is 0.645. The van der Waals surface area contributed by atoms with Gasteiger partial charge in [-0.2, -0.15) is 0 Å². The molecule has 13 heavy (non-hydrogen) atoms. The third kappa shape index (κ3) is 1.34. The van der Waals surface area contributed by atoms with E-state index < -0.39 is 5.97 Å². The van der Waals surface area contributed by atoms with Crippen molar-refractivity contribution in [3.63, 3.8) is 0 Å². The Labute approximate surface area is 77.2 Å². The van der Waals surface area contributed by atoms with E-state index in [0.29, 0.717) is 12.6 Å². The lowest BCUT2D eigenvalue weighted by Gasteiger charge is -2.21. The molecule has 2 bridgehead atoms. The second-order valence-electron chi connectivity index (χ2n) is 3.94. The van der Waals surface area contributed by atoms with Gasteiger partial charge in [-0.05, 0) is 19.3 Å². The Hall–Kier alpha value is -0.610. The fourth-order valence-corrected chi connectivity index (χ4v) is 2.83. The van der Waals surface area contributed by atoms with E-state index in [1.807, 2.05) is 0 Å². The third-order valence-electron chi connectivity index (χ3n) is 3.36. The average Bonchev–Trinajstić information content (AvgIpc) is 2.63. The summed E-state index contributed by atoms with van der Waals surface area (Å²) in [4.78, 5) is 13.0. The first-order valence-electron chi connectivity index (χ1n) is 4.83. The minimum Gasteiger partial charge on any atom is -0.481 e. The first kappa shape index (κ1) is 8.97. The van der Waals surface area contributed by atoms with Crippen molar-refractivity contribution in [2.45, 2.75) is 31.3 Å². The van der Waals surface area contributed by atoms with Crippen LogP contribution in [0.2, 0.25) is 0 Å². The fourth-order valence-electron chi connectivity index (χ4n) is 2.83. The molecule has 0 saturated carbocycles. The minimum atomic E-state index is -0.671. The summed E-state index contributed by atoms with van der Waals surface area (Å²) in [6, 6.07) is 0.605. The molecule has 0 radical (unpaired) electrons. The van der Waals surface area contributed by atoms with Gasteiger partial charge in [0.2, 0.25) is 0 Å². The Balaban J connectivity index is 2.06. The molecule has 0 aromatic rings. The van der Waals surface area contributed by atoms with Crippen molar-refractivity contribution >= 4 is 5.97 Å². The van der Waals surface area contributed by atoms with Crippen LogP contribution in [0.15, 0.2) is 0 Å². The highest BCUT2D eigenvalue weighted by atomic mass is 16.4. The first-order valence-corrected chi connectivity index (χ1v) is 4.83. The van der Waals surface area contributed by atoms with Gasteiger partial charge in [0, 0.05) is 18.6 Å². The maximum Gasteiger partial charge on any atom is 0.308 e. The highest BCUT2D eigenvalue weighted by Crippen LogP contribution is 2.41. The summed E-state index contributed by atoms with van der Waals surface area (Å²) in [5.41, 5.74) is 0. The maximum atomic E-state index is 10.9. The fraction of sp³-hybridized carbons (Fsp3) is 0.889. The van der Waals surface area contributed by atoms with Crippen molar-refractivity contribution in [1.82, 2.24) is 4.90 Å². The number of aliphatic carboxylic acids is 1. The van der Waals surface area contributed by atoms with Gasteiger partial charge < -0.3 is 10.2 Å². The van der Waals surface area contributed by atoms with Crippen LogP contribution in [0.5, 0.6) is 0 Å². The number of aliphatic hydroxyl groups excluding tert-OH is 1. The molecule has 4 nitrogen and oxygen atoms in total. The van der Waals surface area contributed by atoms with E-state index in [0.717, 1.165) is 19.3 Å². The summed E-state index contributed by atoms with van der Waals surface area (Å²) in [7, 11) is 0. The molecule has 2 rings (SSSR count). The number of hydrogen-bond donors (Lipinski definition) is 2. The van der Waals surface area contributed by atoms with Crippen molar-refractivity contribution in [3.8, 4) is 0 Å². The Morgan fingerprint density at radius 1 is 1.46 bits per heavy atom. The zero-order chi connectivity index (χ0) is 9.42. The van der Waals surface area contributed by atoms with Crippen LogP contribution in [0.4, 0.5) is 0 Å². The number of aliphatic hydroxyl groups is 1. The van der Waals surface area contributed by atoms with E-state index in [9.17, 15) is 4.79 Å². The summed E-state index contributed by atoms with van der Waals surface area (Å²) < 4.78 is 0. The molecule has 3 unspecified atom stereocenters. The molecular weight excluding hydrogens is 170 g/mol. The molecule has 4 heteroatoms. The van der Waals surface area contributed by atoms with Crippen molar-refractivity contribution < 1.29 is 15.0 Å². The van der Waals surface area contributed by atoms with E-state index in [2.05, 4.69) is 4.90 Å². The lowest BCUT2D eigenvalue weighted by atomic mass is 9.89. The molecule has 0 aromatic carbocycles. The molecule has 0 aliphatic carbocycles. The standard InChI is InChI=1S/C9H15NO3/c11-4-3-10-6-1-2-8(10)7(5-6)9(12)13/h6-8,11H,1-5H2,(H,12,13). The molecule has 2 fully saturated rings. The summed E-state index contributed by atoms with van der Waals surface area (Å²) in [6.45, 7) is 0.776. The van der Waals surface area contributed by atoms with Crippen LogP contribution in [-0.2, 0) is 4.79 Å². The van der Waals surface area contributed by atoms with Crippen LogP contribution in [0, 0.1) is 5.92 Å². The molecule has 3 atom stereocenters. The van der Waals surface area contributed by atoms with Gasteiger partial charge in [-0.15, -0.1) is 0 Å². The summed E-state index contributed by atoms with van der Waals surface area (Å²) in [5, 5.41) is 17.8. The molecule has 2 N–H and O–H groups in total. The SMILES string of the molecule is O=C(O)C1CC2CCC1N2CCO. The molecule has 0 spiro atoms. The largest absolute Gasteiger partial charge is 0.481 e. The molecule has 2 aliphatic heterocycles. The number of rotatable bonds is 3. The van der Waals surface area contributed by atoms with Crippen molar-refractivity contribution in [2.75, 3.05) is 13.2 Å². The zero-order valence-corrected chi connectivity index (χ0v) is 7.52. The van der Waals surface area contributed by atoms with Gasteiger partial charge in [-0.3, -0.25) is 9.69 Å². The van der Waals surface area contributed by atoms with E-state index in [-0.39, 0.29) is 18.6 Å².